The lowest BCUT2D eigenvalue weighted by Gasteiger charge is -2.14. The second kappa shape index (κ2) is 6.61. The molecule has 1 atom stereocenters. The molecule has 0 fully saturated rings. The van der Waals surface area contributed by atoms with Crippen LogP contribution in [0.3, 0.4) is 0 Å². The van der Waals surface area contributed by atoms with E-state index < -0.39 is 24.6 Å². The molecule has 0 unspecified atom stereocenters. The first-order valence-corrected chi connectivity index (χ1v) is 5.57. The number of benzene rings is 1. The molecular formula is C12H16N2O4. The molecule has 98 valence electrons. The molecule has 0 radical (unpaired) electrons. The van der Waals surface area contributed by atoms with Gasteiger partial charge in [-0.05, 0) is 18.1 Å². The van der Waals surface area contributed by atoms with E-state index >= 15 is 0 Å². The van der Waals surface area contributed by atoms with Crippen molar-refractivity contribution < 1.29 is 19.8 Å². The summed E-state index contributed by atoms with van der Waals surface area (Å²) in [6.07, 6.45) is 0.749. The third kappa shape index (κ3) is 3.74. The van der Waals surface area contributed by atoms with Crippen molar-refractivity contribution in [1.82, 2.24) is 5.32 Å². The number of aliphatic hydroxyl groups excluding tert-OH is 1. The van der Waals surface area contributed by atoms with Gasteiger partial charge in [0.2, 0.25) is 0 Å². The Morgan fingerprint density at radius 1 is 1.33 bits per heavy atom. The van der Waals surface area contributed by atoms with Crippen molar-refractivity contribution in [2.75, 3.05) is 11.9 Å². The van der Waals surface area contributed by atoms with Crippen LogP contribution in [0.25, 0.3) is 0 Å². The standard InChI is InChI=1S/C12H16N2O4/c1-2-8-5-3-4-6-9(8)13-12(18)14-10(7-15)11(16)17/h3-6,10,15H,2,7H2,1H3,(H,16,17)(H2,13,14,18)/t10-/m1/s1. The van der Waals surface area contributed by atoms with Crippen LogP contribution >= 0.6 is 0 Å². The number of amides is 2. The molecule has 0 aromatic heterocycles. The summed E-state index contributed by atoms with van der Waals surface area (Å²) in [7, 11) is 0. The number of hydrogen-bond donors (Lipinski definition) is 4. The molecule has 18 heavy (non-hydrogen) atoms. The van der Waals surface area contributed by atoms with Crippen LogP contribution in [-0.2, 0) is 11.2 Å². The van der Waals surface area contributed by atoms with Gasteiger partial charge in [0.15, 0.2) is 6.04 Å². The van der Waals surface area contributed by atoms with Gasteiger partial charge in [0.25, 0.3) is 0 Å². The van der Waals surface area contributed by atoms with E-state index in [1.54, 1.807) is 12.1 Å². The van der Waals surface area contributed by atoms with E-state index in [2.05, 4.69) is 10.6 Å². The molecule has 4 N–H and O–H groups in total. The highest BCUT2D eigenvalue weighted by atomic mass is 16.4. The van der Waals surface area contributed by atoms with Gasteiger partial charge in [-0.15, -0.1) is 0 Å². The summed E-state index contributed by atoms with van der Waals surface area (Å²) in [5, 5.41) is 22.2. The van der Waals surface area contributed by atoms with Gasteiger partial charge in [-0.3, -0.25) is 0 Å². The van der Waals surface area contributed by atoms with E-state index in [4.69, 9.17) is 10.2 Å². The Hall–Kier alpha value is -2.08. The maximum atomic E-state index is 11.6. The number of carbonyl (C=O) groups excluding carboxylic acids is 1. The van der Waals surface area contributed by atoms with Crippen LogP contribution in [-0.4, -0.2) is 34.9 Å². The minimum absolute atomic E-state index is 0.625. The van der Waals surface area contributed by atoms with Gasteiger partial charge in [0.1, 0.15) is 0 Å². The number of para-hydroxylation sites is 1. The van der Waals surface area contributed by atoms with Gasteiger partial charge in [0, 0.05) is 5.69 Å². The predicted octanol–water partition coefficient (Wildman–Crippen LogP) is 0.816. The second-order valence-corrected chi connectivity index (χ2v) is 3.68. The number of anilines is 1. The zero-order chi connectivity index (χ0) is 13.5. The van der Waals surface area contributed by atoms with E-state index in [9.17, 15) is 9.59 Å². The van der Waals surface area contributed by atoms with E-state index in [0.29, 0.717) is 5.69 Å². The Kier molecular flexibility index (Phi) is 5.13. The Balaban J connectivity index is 2.67. The van der Waals surface area contributed by atoms with Crippen LogP contribution in [0.2, 0.25) is 0 Å². The van der Waals surface area contributed by atoms with E-state index in [0.717, 1.165) is 12.0 Å². The smallest absolute Gasteiger partial charge is 0.328 e. The maximum absolute atomic E-state index is 11.6. The first-order chi connectivity index (χ1) is 8.58. The fourth-order valence-electron chi connectivity index (χ4n) is 1.45. The number of carboxylic acid groups (broad SMARTS) is 1. The van der Waals surface area contributed by atoms with E-state index in [1.165, 1.54) is 0 Å². The quantitative estimate of drug-likeness (QED) is 0.623. The lowest BCUT2D eigenvalue weighted by Crippen LogP contribution is -2.45. The minimum Gasteiger partial charge on any atom is -0.480 e. The Morgan fingerprint density at radius 3 is 2.56 bits per heavy atom. The minimum atomic E-state index is -1.31. The highest BCUT2D eigenvalue weighted by Gasteiger charge is 2.18. The van der Waals surface area contributed by atoms with Crippen molar-refractivity contribution in [1.29, 1.82) is 0 Å². The average Bonchev–Trinajstić information content (AvgIpc) is 2.36. The molecular weight excluding hydrogens is 236 g/mol. The zero-order valence-corrected chi connectivity index (χ0v) is 10.0. The molecule has 6 nitrogen and oxygen atoms in total. The number of nitrogens with one attached hydrogen (secondary N) is 2. The monoisotopic (exact) mass is 252 g/mol. The van der Waals surface area contributed by atoms with Crippen LogP contribution in [0.15, 0.2) is 24.3 Å². The lowest BCUT2D eigenvalue weighted by molar-refractivity contribution is -0.140. The molecule has 6 heteroatoms. The van der Waals surface area contributed by atoms with Gasteiger partial charge in [-0.1, -0.05) is 25.1 Å². The third-order valence-corrected chi connectivity index (χ3v) is 2.43. The van der Waals surface area contributed by atoms with Crippen molar-refractivity contribution in [2.45, 2.75) is 19.4 Å². The van der Waals surface area contributed by atoms with Gasteiger partial charge >= 0.3 is 12.0 Å². The molecule has 0 saturated heterocycles. The molecule has 0 aliphatic rings. The number of urea groups is 1. The topological polar surface area (TPSA) is 98.7 Å². The summed E-state index contributed by atoms with van der Waals surface area (Å²) in [5.74, 6) is -1.28. The summed E-state index contributed by atoms with van der Waals surface area (Å²) >= 11 is 0. The van der Waals surface area contributed by atoms with Crippen LogP contribution in [0, 0.1) is 0 Å². The summed E-state index contributed by atoms with van der Waals surface area (Å²) in [5.41, 5.74) is 1.57. The van der Waals surface area contributed by atoms with Crippen molar-refractivity contribution in [3.63, 3.8) is 0 Å². The van der Waals surface area contributed by atoms with E-state index in [-0.39, 0.29) is 0 Å². The molecule has 0 heterocycles. The maximum Gasteiger partial charge on any atom is 0.328 e. The fourth-order valence-corrected chi connectivity index (χ4v) is 1.45. The number of hydrogen-bond acceptors (Lipinski definition) is 3. The largest absolute Gasteiger partial charge is 0.480 e. The number of aliphatic hydroxyl groups is 1. The predicted molar refractivity (Wildman–Crippen MR) is 66.5 cm³/mol. The van der Waals surface area contributed by atoms with Crippen molar-refractivity contribution in [3.05, 3.63) is 29.8 Å². The van der Waals surface area contributed by atoms with Crippen molar-refractivity contribution in [2.24, 2.45) is 0 Å². The fraction of sp³-hybridized carbons (Fsp3) is 0.333. The van der Waals surface area contributed by atoms with Crippen LogP contribution in [0.4, 0.5) is 10.5 Å². The third-order valence-electron chi connectivity index (χ3n) is 2.43. The zero-order valence-electron chi connectivity index (χ0n) is 10.0. The molecule has 0 saturated carbocycles. The summed E-state index contributed by atoms with van der Waals surface area (Å²) in [4.78, 5) is 22.2. The SMILES string of the molecule is CCc1ccccc1NC(=O)N[C@H](CO)C(=O)O. The molecule has 1 aromatic rings. The second-order valence-electron chi connectivity index (χ2n) is 3.68. The van der Waals surface area contributed by atoms with Crippen LogP contribution < -0.4 is 10.6 Å². The number of aliphatic carboxylic acids is 1. The Labute approximate surface area is 105 Å². The van der Waals surface area contributed by atoms with Crippen molar-refractivity contribution in [3.8, 4) is 0 Å². The molecule has 1 aromatic carbocycles. The Bertz CT molecular complexity index is 434. The van der Waals surface area contributed by atoms with Crippen molar-refractivity contribution >= 4 is 17.7 Å². The highest BCUT2D eigenvalue weighted by Crippen LogP contribution is 2.14. The first-order valence-electron chi connectivity index (χ1n) is 5.57. The van der Waals surface area contributed by atoms with Gasteiger partial charge in [0.05, 0.1) is 6.61 Å². The van der Waals surface area contributed by atoms with Gasteiger partial charge in [-0.25, -0.2) is 9.59 Å². The average molecular weight is 252 g/mol. The summed E-state index contributed by atoms with van der Waals surface area (Å²) in [6, 6.07) is 5.27. The molecule has 0 spiro atoms. The van der Waals surface area contributed by atoms with Crippen LogP contribution in [0.5, 0.6) is 0 Å². The molecule has 0 aliphatic heterocycles. The van der Waals surface area contributed by atoms with Crippen LogP contribution in [0.1, 0.15) is 12.5 Å². The number of carboxylic acids is 1. The van der Waals surface area contributed by atoms with Gasteiger partial charge in [-0.2, -0.15) is 0 Å². The summed E-state index contributed by atoms with van der Waals surface area (Å²) < 4.78 is 0. The lowest BCUT2D eigenvalue weighted by atomic mass is 10.1. The normalized spacial score (nSPS) is 11.7. The number of aryl methyl sites for hydroxylation is 1. The first kappa shape index (κ1) is 14.0. The number of rotatable bonds is 5. The summed E-state index contributed by atoms with van der Waals surface area (Å²) in [6.45, 7) is 1.30. The molecule has 0 bridgehead atoms. The molecule has 1 rings (SSSR count). The van der Waals surface area contributed by atoms with E-state index in [1.807, 2.05) is 19.1 Å². The number of carbonyl (C=O) groups is 2. The highest BCUT2D eigenvalue weighted by molar-refractivity contribution is 5.92. The van der Waals surface area contributed by atoms with Gasteiger partial charge < -0.3 is 20.8 Å². The molecule has 2 amide bonds. The Morgan fingerprint density at radius 2 is 2.00 bits per heavy atom. The molecule has 0 aliphatic carbocycles.